The van der Waals surface area contributed by atoms with Crippen molar-refractivity contribution in [3.63, 3.8) is 0 Å². The number of rotatable bonds is 14. The molecule has 0 fully saturated rings. The predicted octanol–water partition coefficient (Wildman–Crippen LogP) is 2.31. The van der Waals surface area contributed by atoms with Gasteiger partial charge in [0.1, 0.15) is 29.1 Å². The number of carbonyl (C=O) groups excluding carboxylic acids is 5. The molecule has 0 aliphatic carbocycles. The highest BCUT2D eigenvalue weighted by molar-refractivity contribution is 5.95. The highest BCUT2D eigenvalue weighted by Gasteiger charge is 2.32. The van der Waals surface area contributed by atoms with E-state index >= 15 is 0 Å². The Labute approximate surface area is 264 Å². The third-order valence-electron chi connectivity index (χ3n) is 6.04. The maximum Gasteiger partial charge on any atom is 0.329 e. The third kappa shape index (κ3) is 14.5. The van der Waals surface area contributed by atoms with Gasteiger partial charge < -0.3 is 31.2 Å². The van der Waals surface area contributed by atoms with E-state index in [1.165, 1.54) is 0 Å². The molecule has 3 amide bonds. The van der Waals surface area contributed by atoms with Crippen molar-refractivity contribution in [1.29, 1.82) is 5.41 Å². The van der Waals surface area contributed by atoms with Crippen LogP contribution in [0.4, 0.5) is 0 Å². The van der Waals surface area contributed by atoms with Crippen molar-refractivity contribution in [1.82, 2.24) is 16.0 Å². The van der Waals surface area contributed by atoms with Gasteiger partial charge in [-0.1, -0.05) is 54.6 Å². The summed E-state index contributed by atoms with van der Waals surface area (Å²) in [7, 11) is 0. The Hall–Kier alpha value is -4.74. The summed E-state index contributed by atoms with van der Waals surface area (Å²) in [6.07, 6.45) is -0.481. The summed E-state index contributed by atoms with van der Waals surface area (Å²) in [5.41, 5.74) is 5.82. The van der Waals surface area contributed by atoms with Gasteiger partial charge in [-0.15, -0.1) is 0 Å². The first-order chi connectivity index (χ1) is 20.9. The number of esters is 2. The first kappa shape index (κ1) is 36.5. The molecule has 244 valence electrons. The first-order valence-corrected chi connectivity index (χ1v) is 14.7. The van der Waals surface area contributed by atoms with Gasteiger partial charge in [0, 0.05) is 24.9 Å². The zero-order valence-corrected chi connectivity index (χ0v) is 26.8. The van der Waals surface area contributed by atoms with Gasteiger partial charge in [0.25, 0.3) is 0 Å². The van der Waals surface area contributed by atoms with Crippen LogP contribution < -0.4 is 21.7 Å². The van der Waals surface area contributed by atoms with Crippen LogP contribution in [-0.4, -0.2) is 65.3 Å². The van der Waals surface area contributed by atoms with Crippen LogP contribution in [-0.2, 0) is 46.3 Å². The third-order valence-corrected chi connectivity index (χ3v) is 6.04. The number of carbonyl (C=O) groups is 5. The summed E-state index contributed by atoms with van der Waals surface area (Å²) in [6.45, 7) is 10.1. The van der Waals surface area contributed by atoms with E-state index < -0.39 is 53.5 Å². The van der Waals surface area contributed by atoms with Gasteiger partial charge in [0.05, 0.1) is 12.8 Å². The molecule has 0 bridgehead atoms. The van der Waals surface area contributed by atoms with Gasteiger partial charge in [-0.05, 0) is 52.7 Å². The molecule has 0 unspecified atom stereocenters. The number of nitrogen functional groups attached to an aromatic ring is 1. The summed E-state index contributed by atoms with van der Waals surface area (Å²) < 4.78 is 10.9. The molecule has 12 heteroatoms. The van der Waals surface area contributed by atoms with Crippen molar-refractivity contribution in [2.45, 2.75) is 90.5 Å². The van der Waals surface area contributed by atoms with Crippen molar-refractivity contribution in [3.05, 3.63) is 71.3 Å². The van der Waals surface area contributed by atoms with Crippen molar-refractivity contribution < 1.29 is 33.4 Å². The maximum atomic E-state index is 13.5. The number of ether oxygens (including phenoxy) is 2. The Bertz CT molecular complexity index is 1350. The van der Waals surface area contributed by atoms with Gasteiger partial charge >= 0.3 is 11.9 Å². The average molecular weight is 624 g/mol. The molecule has 0 aliphatic rings. The lowest BCUT2D eigenvalue weighted by atomic mass is 10.0. The first-order valence-electron chi connectivity index (χ1n) is 14.7. The molecule has 2 aromatic carbocycles. The van der Waals surface area contributed by atoms with Crippen molar-refractivity contribution in [2.75, 3.05) is 6.54 Å². The predicted molar refractivity (Wildman–Crippen MR) is 169 cm³/mol. The number of benzene rings is 2. The highest BCUT2D eigenvalue weighted by Crippen LogP contribution is 2.13. The SMILES string of the molecule is CC(C)(C)OC(=O)C[C@H](NC(=O)CCNC(=O)Cc1ccc(C(=N)N)cc1)C(=O)N[C@@H](Cc1ccccc1)C(=O)OC(C)(C)C. The van der Waals surface area contributed by atoms with Crippen LogP contribution in [0.1, 0.15) is 71.1 Å². The Morgan fingerprint density at radius 2 is 1.38 bits per heavy atom. The summed E-state index contributed by atoms with van der Waals surface area (Å²) in [5.74, 6) is -3.15. The molecule has 0 saturated heterocycles. The van der Waals surface area contributed by atoms with Crippen LogP contribution >= 0.6 is 0 Å². The van der Waals surface area contributed by atoms with Crippen LogP contribution in [0.25, 0.3) is 0 Å². The topological polar surface area (TPSA) is 190 Å². The summed E-state index contributed by atoms with van der Waals surface area (Å²) >= 11 is 0. The summed E-state index contributed by atoms with van der Waals surface area (Å²) in [5, 5.41) is 15.3. The molecule has 6 N–H and O–H groups in total. The van der Waals surface area contributed by atoms with Gasteiger partial charge in [-0.2, -0.15) is 0 Å². The number of hydrogen-bond acceptors (Lipinski definition) is 8. The lowest BCUT2D eigenvalue weighted by Crippen LogP contribution is -2.54. The zero-order chi connectivity index (χ0) is 33.8. The Morgan fingerprint density at radius 1 is 0.778 bits per heavy atom. The van der Waals surface area contributed by atoms with E-state index in [0.717, 1.165) is 5.56 Å². The minimum Gasteiger partial charge on any atom is -0.460 e. The molecule has 2 aromatic rings. The fraction of sp³-hybridized carbons (Fsp3) is 0.455. The van der Waals surface area contributed by atoms with E-state index in [1.807, 2.05) is 6.07 Å². The fourth-order valence-electron chi connectivity index (χ4n) is 4.08. The zero-order valence-electron chi connectivity index (χ0n) is 26.8. The second-order valence-electron chi connectivity index (χ2n) is 12.6. The molecule has 0 aromatic heterocycles. The molecular weight excluding hydrogens is 578 g/mol. The number of amides is 3. The standard InChI is InChI=1S/C33H45N5O7/c1-32(2,3)44-28(41)20-24(30(42)38-25(31(43)45-33(4,5)6)18-21-10-8-7-9-11-21)37-26(39)16-17-36-27(40)19-22-12-14-23(15-13-22)29(34)35/h7-15,24-25H,16-20H2,1-6H3,(H3,34,35)(H,36,40)(H,37,39)(H,38,42)/t24-,25-/m0/s1. The number of hydrogen-bond donors (Lipinski definition) is 5. The van der Waals surface area contributed by atoms with Gasteiger partial charge in [-0.3, -0.25) is 24.6 Å². The number of nitrogens with two attached hydrogens (primary N) is 1. The molecule has 0 radical (unpaired) electrons. The smallest absolute Gasteiger partial charge is 0.329 e. The summed E-state index contributed by atoms with van der Waals surface area (Å²) in [6, 6.07) is 13.2. The number of amidine groups is 1. The quantitative estimate of drug-likeness (QED) is 0.120. The summed E-state index contributed by atoms with van der Waals surface area (Å²) in [4.78, 5) is 64.4. The van der Waals surface area contributed by atoms with E-state index in [4.69, 9.17) is 20.6 Å². The molecule has 12 nitrogen and oxygen atoms in total. The van der Waals surface area contributed by atoms with Crippen molar-refractivity contribution in [3.8, 4) is 0 Å². The van der Waals surface area contributed by atoms with E-state index in [1.54, 1.807) is 90.1 Å². The Balaban J connectivity index is 2.09. The van der Waals surface area contributed by atoms with Gasteiger partial charge in [0.2, 0.25) is 17.7 Å². The highest BCUT2D eigenvalue weighted by atomic mass is 16.6. The molecule has 0 saturated carbocycles. The van der Waals surface area contributed by atoms with Crippen LogP contribution in [0.5, 0.6) is 0 Å². The molecule has 0 aliphatic heterocycles. The van der Waals surface area contributed by atoms with E-state index in [-0.39, 0.29) is 37.6 Å². The molecule has 45 heavy (non-hydrogen) atoms. The van der Waals surface area contributed by atoms with Crippen LogP contribution in [0.3, 0.4) is 0 Å². The minimum atomic E-state index is -1.36. The van der Waals surface area contributed by atoms with Crippen molar-refractivity contribution >= 4 is 35.5 Å². The molecule has 0 spiro atoms. The maximum absolute atomic E-state index is 13.5. The second kappa shape index (κ2) is 16.4. The van der Waals surface area contributed by atoms with Crippen LogP contribution in [0.15, 0.2) is 54.6 Å². The molecule has 2 atom stereocenters. The lowest BCUT2D eigenvalue weighted by Gasteiger charge is -2.27. The normalized spacial score (nSPS) is 12.7. The van der Waals surface area contributed by atoms with Crippen molar-refractivity contribution in [2.24, 2.45) is 5.73 Å². The Kier molecular flexibility index (Phi) is 13.3. The lowest BCUT2D eigenvalue weighted by molar-refractivity contribution is -0.159. The second-order valence-corrected chi connectivity index (χ2v) is 12.6. The Morgan fingerprint density at radius 3 is 1.93 bits per heavy atom. The van der Waals surface area contributed by atoms with Crippen LogP contribution in [0, 0.1) is 5.41 Å². The average Bonchev–Trinajstić information content (AvgIpc) is 2.91. The largest absolute Gasteiger partial charge is 0.460 e. The molecular formula is C33H45N5O7. The van der Waals surface area contributed by atoms with Gasteiger partial charge in [-0.25, -0.2) is 4.79 Å². The fourth-order valence-corrected chi connectivity index (χ4v) is 4.08. The van der Waals surface area contributed by atoms with Gasteiger partial charge in [0.15, 0.2) is 0 Å². The van der Waals surface area contributed by atoms with E-state index in [0.29, 0.717) is 11.1 Å². The van der Waals surface area contributed by atoms with Crippen LogP contribution in [0.2, 0.25) is 0 Å². The molecule has 2 rings (SSSR count). The monoisotopic (exact) mass is 623 g/mol. The van der Waals surface area contributed by atoms with E-state index in [2.05, 4.69) is 16.0 Å². The minimum absolute atomic E-state index is 0.0223. The number of nitrogens with one attached hydrogen (secondary N) is 4. The molecule has 0 heterocycles. The van der Waals surface area contributed by atoms with E-state index in [9.17, 15) is 24.0 Å².